The first-order chi connectivity index (χ1) is 15.1. The molecule has 0 radical (unpaired) electrons. The molecule has 1 atom stereocenters. The first kappa shape index (κ1) is 21.7. The molecular weight excluding hydrogens is 426 g/mol. The Kier molecular flexibility index (Phi) is 7.14. The number of carbonyl (C=O) groups is 2. The molecule has 3 heterocycles. The molecule has 1 aliphatic rings. The van der Waals surface area contributed by atoms with Crippen LogP contribution >= 0.6 is 22.7 Å². The van der Waals surface area contributed by atoms with Crippen LogP contribution in [0.3, 0.4) is 0 Å². The quantitative estimate of drug-likeness (QED) is 0.534. The van der Waals surface area contributed by atoms with Gasteiger partial charge in [-0.2, -0.15) is 11.3 Å². The second kappa shape index (κ2) is 10.2. The molecule has 162 valence electrons. The third-order valence-corrected chi connectivity index (χ3v) is 7.44. The molecule has 0 aliphatic carbocycles. The largest absolute Gasteiger partial charge is 0.342 e. The van der Waals surface area contributed by atoms with E-state index in [1.165, 1.54) is 16.9 Å². The molecule has 31 heavy (non-hydrogen) atoms. The lowest BCUT2D eigenvalue weighted by molar-refractivity contribution is -0.132. The molecule has 0 saturated carbocycles. The van der Waals surface area contributed by atoms with Gasteiger partial charge in [0.15, 0.2) is 0 Å². The van der Waals surface area contributed by atoms with Crippen LogP contribution in [0.5, 0.6) is 0 Å². The second-order valence-electron chi connectivity index (χ2n) is 8.06. The molecule has 0 N–H and O–H groups in total. The SMILES string of the molecule is CN(C(=O)c1ccsc1)[C@H](Cc1ccccc1)C1CCN(C(=O)Cc2cscn2)CC1. The Labute approximate surface area is 191 Å². The van der Waals surface area contributed by atoms with E-state index in [0.29, 0.717) is 12.3 Å². The van der Waals surface area contributed by atoms with Gasteiger partial charge in [-0.25, -0.2) is 4.98 Å². The van der Waals surface area contributed by atoms with E-state index in [2.05, 4.69) is 17.1 Å². The van der Waals surface area contributed by atoms with Crippen molar-refractivity contribution in [3.05, 3.63) is 74.9 Å². The molecule has 0 unspecified atom stereocenters. The topological polar surface area (TPSA) is 53.5 Å². The lowest BCUT2D eigenvalue weighted by Gasteiger charge is -2.40. The molecule has 2 amide bonds. The van der Waals surface area contributed by atoms with Gasteiger partial charge < -0.3 is 9.80 Å². The zero-order valence-corrected chi connectivity index (χ0v) is 19.3. The van der Waals surface area contributed by atoms with Crippen LogP contribution in [-0.2, 0) is 17.6 Å². The number of rotatable bonds is 7. The molecule has 4 rings (SSSR count). The summed E-state index contributed by atoms with van der Waals surface area (Å²) < 4.78 is 0. The van der Waals surface area contributed by atoms with Crippen molar-refractivity contribution in [3.63, 3.8) is 0 Å². The molecule has 1 saturated heterocycles. The van der Waals surface area contributed by atoms with Gasteiger partial charge in [-0.3, -0.25) is 9.59 Å². The smallest absolute Gasteiger partial charge is 0.254 e. The third-order valence-electron chi connectivity index (χ3n) is 6.13. The van der Waals surface area contributed by atoms with Crippen LogP contribution < -0.4 is 0 Å². The van der Waals surface area contributed by atoms with Crippen molar-refractivity contribution < 1.29 is 9.59 Å². The van der Waals surface area contributed by atoms with Gasteiger partial charge >= 0.3 is 0 Å². The van der Waals surface area contributed by atoms with Crippen molar-refractivity contribution in [2.45, 2.75) is 31.7 Å². The van der Waals surface area contributed by atoms with E-state index in [1.807, 2.05) is 57.3 Å². The average Bonchev–Trinajstić information content (AvgIpc) is 3.52. The Balaban J connectivity index is 1.44. The van der Waals surface area contributed by atoms with E-state index < -0.39 is 0 Å². The van der Waals surface area contributed by atoms with Crippen LogP contribution in [0, 0.1) is 5.92 Å². The first-order valence-corrected chi connectivity index (χ1v) is 12.5. The van der Waals surface area contributed by atoms with E-state index >= 15 is 0 Å². The van der Waals surface area contributed by atoms with Gasteiger partial charge in [0, 0.05) is 36.9 Å². The Morgan fingerprint density at radius 3 is 2.55 bits per heavy atom. The average molecular weight is 454 g/mol. The number of thiazole rings is 1. The van der Waals surface area contributed by atoms with E-state index in [4.69, 9.17) is 0 Å². The van der Waals surface area contributed by atoms with Gasteiger partial charge in [-0.1, -0.05) is 30.3 Å². The second-order valence-corrected chi connectivity index (χ2v) is 9.56. The summed E-state index contributed by atoms with van der Waals surface area (Å²) in [5.74, 6) is 0.576. The van der Waals surface area contributed by atoms with Crippen LogP contribution in [-0.4, -0.2) is 52.8 Å². The summed E-state index contributed by atoms with van der Waals surface area (Å²) in [4.78, 5) is 33.9. The zero-order chi connectivity index (χ0) is 21.6. The van der Waals surface area contributed by atoms with Crippen molar-refractivity contribution in [2.24, 2.45) is 5.92 Å². The fourth-order valence-electron chi connectivity index (χ4n) is 4.34. The highest BCUT2D eigenvalue weighted by molar-refractivity contribution is 7.08. The molecule has 7 heteroatoms. The van der Waals surface area contributed by atoms with Gasteiger partial charge in [-0.15, -0.1) is 11.3 Å². The maximum Gasteiger partial charge on any atom is 0.254 e. The molecular formula is C24H27N3O2S2. The van der Waals surface area contributed by atoms with Crippen LogP contribution in [0.1, 0.15) is 34.5 Å². The summed E-state index contributed by atoms with van der Waals surface area (Å²) in [6.45, 7) is 1.47. The van der Waals surface area contributed by atoms with E-state index in [1.54, 1.807) is 16.8 Å². The summed E-state index contributed by atoms with van der Waals surface area (Å²) in [5, 5.41) is 5.80. The molecule has 1 aromatic carbocycles. The molecule has 0 bridgehead atoms. The summed E-state index contributed by atoms with van der Waals surface area (Å²) >= 11 is 3.06. The van der Waals surface area contributed by atoms with Crippen LogP contribution in [0.2, 0.25) is 0 Å². The first-order valence-electron chi connectivity index (χ1n) is 10.6. The predicted octanol–water partition coefficient (Wildman–Crippen LogP) is 4.37. The number of benzene rings is 1. The molecule has 0 spiro atoms. The fraction of sp³-hybridized carbons (Fsp3) is 0.375. The highest BCUT2D eigenvalue weighted by Gasteiger charge is 2.33. The summed E-state index contributed by atoms with van der Waals surface area (Å²) in [6, 6.07) is 12.4. The van der Waals surface area contributed by atoms with Gasteiger partial charge in [-0.05, 0) is 42.2 Å². The molecule has 1 aliphatic heterocycles. The highest BCUT2D eigenvalue weighted by atomic mass is 32.1. The number of hydrogen-bond donors (Lipinski definition) is 0. The van der Waals surface area contributed by atoms with Crippen molar-refractivity contribution >= 4 is 34.5 Å². The summed E-state index contributed by atoms with van der Waals surface area (Å²) in [7, 11) is 1.92. The normalized spacial score (nSPS) is 15.6. The van der Waals surface area contributed by atoms with Crippen molar-refractivity contribution in [2.75, 3.05) is 20.1 Å². The van der Waals surface area contributed by atoms with Gasteiger partial charge in [0.25, 0.3) is 5.91 Å². The Hall–Kier alpha value is -2.51. The van der Waals surface area contributed by atoms with E-state index in [0.717, 1.165) is 43.6 Å². The number of hydrogen-bond acceptors (Lipinski definition) is 5. The zero-order valence-electron chi connectivity index (χ0n) is 17.6. The van der Waals surface area contributed by atoms with Crippen molar-refractivity contribution in [1.82, 2.24) is 14.8 Å². The molecule has 1 fully saturated rings. The number of aromatic nitrogens is 1. The predicted molar refractivity (Wildman–Crippen MR) is 125 cm³/mol. The maximum atomic E-state index is 13.1. The minimum atomic E-state index is 0.0734. The number of likely N-dealkylation sites (N-methyl/N-ethyl adjacent to an activating group) is 1. The standard InChI is InChI=1S/C24H27N3O2S2/c1-26(24(29)20-9-12-30-15-20)22(13-18-5-3-2-4-6-18)19-7-10-27(11-8-19)23(28)14-21-16-31-17-25-21/h2-6,9,12,15-17,19,22H,7-8,10-11,13-14H2,1H3/t22-/m1/s1. The Morgan fingerprint density at radius 2 is 1.90 bits per heavy atom. The van der Waals surface area contributed by atoms with Gasteiger partial charge in [0.2, 0.25) is 5.91 Å². The number of thiophene rings is 1. The minimum absolute atomic E-state index is 0.0734. The number of piperidine rings is 1. The summed E-state index contributed by atoms with van der Waals surface area (Å²) in [5.41, 5.74) is 4.60. The van der Waals surface area contributed by atoms with Gasteiger partial charge in [0.05, 0.1) is 23.2 Å². The summed E-state index contributed by atoms with van der Waals surface area (Å²) in [6.07, 6.45) is 3.01. The Morgan fingerprint density at radius 1 is 1.13 bits per heavy atom. The van der Waals surface area contributed by atoms with Crippen LogP contribution in [0.15, 0.2) is 58.0 Å². The fourth-order valence-corrected chi connectivity index (χ4v) is 5.53. The third kappa shape index (κ3) is 5.40. The highest BCUT2D eigenvalue weighted by Crippen LogP contribution is 2.28. The lowest BCUT2D eigenvalue weighted by atomic mass is 9.84. The number of nitrogens with zero attached hydrogens (tertiary/aromatic N) is 3. The van der Waals surface area contributed by atoms with Crippen molar-refractivity contribution in [1.29, 1.82) is 0 Å². The molecule has 3 aromatic rings. The molecule has 2 aromatic heterocycles. The lowest BCUT2D eigenvalue weighted by Crippen LogP contribution is -2.48. The molecule has 5 nitrogen and oxygen atoms in total. The monoisotopic (exact) mass is 453 g/mol. The van der Waals surface area contributed by atoms with Crippen molar-refractivity contribution in [3.8, 4) is 0 Å². The number of likely N-dealkylation sites (tertiary alicyclic amines) is 1. The van der Waals surface area contributed by atoms with Crippen LogP contribution in [0.25, 0.3) is 0 Å². The van der Waals surface area contributed by atoms with E-state index in [9.17, 15) is 9.59 Å². The van der Waals surface area contributed by atoms with Crippen LogP contribution in [0.4, 0.5) is 0 Å². The van der Waals surface area contributed by atoms with Gasteiger partial charge in [0.1, 0.15) is 0 Å². The number of carbonyl (C=O) groups excluding carboxylic acids is 2. The minimum Gasteiger partial charge on any atom is -0.342 e. The Bertz CT molecular complexity index is 966. The van der Waals surface area contributed by atoms with E-state index in [-0.39, 0.29) is 17.9 Å². The number of amides is 2. The maximum absolute atomic E-state index is 13.1.